The number of hydrogen-bond acceptors (Lipinski definition) is 3. The molecular weight excluding hydrogens is 250 g/mol. The molecule has 0 heterocycles. The second-order valence-corrected chi connectivity index (χ2v) is 5.47. The van der Waals surface area contributed by atoms with Gasteiger partial charge in [0.1, 0.15) is 0 Å². The highest BCUT2D eigenvalue weighted by atomic mass is 16.5. The molecule has 0 amide bonds. The van der Waals surface area contributed by atoms with Crippen LogP contribution < -0.4 is 0 Å². The van der Waals surface area contributed by atoms with Gasteiger partial charge in [0.2, 0.25) is 0 Å². The zero-order valence-corrected chi connectivity index (χ0v) is 13.6. The number of benzene rings is 1. The summed E-state index contributed by atoms with van der Waals surface area (Å²) in [6, 6.07) is 6.03. The van der Waals surface area contributed by atoms with Crippen LogP contribution in [0.5, 0.6) is 0 Å². The smallest absolute Gasteiger partial charge is 0.179 e. The maximum Gasteiger partial charge on any atom is 0.179 e. The van der Waals surface area contributed by atoms with E-state index in [2.05, 4.69) is 25.7 Å². The molecule has 0 N–H and O–H groups in total. The summed E-state index contributed by atoms with van der Waals surface area (Å²) in [6.45, 7) is 11.7. The fraction of sp³-hybridized carbons (Fsp3) is 0.588. The fourth-order valence-electron chi connectivity index (χ4n) is 2.59. The lowest BCUT2D eigenvalue weighted by Gasteiger charge is -2.32. The summed E-state index contributed by atoms with van der Waals surface area (Å²) < 4.78 is 5.20. The van der Waals surface area contributed by atoms with E-state index >= 15 is 0 Å². The van der Waals surface area contributed by atoms with Gasteiger partial charge in [-0.25, -0.2) is 0 Å². The number of carbonyl (C=O) groups is 1. The van der Waals surface area contributed by atoms with Gasteiger partial charge < -0.3 is 4.74 Å². The minimum atomic E-state index is -0.132. The number of carbonyl (C=O) groups excluding carboxylic acids is 1. The largest absolute Gasteiger partial charge is 0.383 e. The lowest BCUT2D eigenvalue weighted by molar-refractivity contribution is 0.0612. The normalized spacial score (nSPS) is 14.3. The number of nitrogens with zero attached hydrogens (tertiary/aromatic N) is 1. The highest BCUT2D eigenvalue weighted by Gasteiger charge is 2.25. The summed E-state index contributed by atoms with van der Waals surface area (Å²) in [5, 5.41) is 0. The number of aryl methyl sites for hydroxylation is 2. The van der Waals surface area contributed by atoms with Crippen molar-refractivity contribution in [3.05, 3.63) is 34.9 Å². The van der Waals surface area contributed by atoms with Crippen LogP contribution in [-0.2, 0) is 4.74 Å². The molecule has 0 saturated carbocycles. The maximum absolute atomic E-state index is 12.6. The average molecular weight is 277 g/mol. The van der Waals surface area contributed by atoms with E-state index in [9.17, 15) is 4.79 Å². The second kappa shape index (κ2) is 7.55. The van der Waals surface area contributed by atoms with Gasteiger partial charge in [-0.2, -0.15) is 0 Å². The molecule has 0 bridgehead atoms. The van der Waals surface area contributed by atoms with Crippen molar-refractivity contribution in [1.29, 1.82) is 0 Å². The predicted octanol–water partition coefficient (Wildman–Crippen LogP) is 3.23. The van der Waals surface area contributed by atoms with Crippen molar-refractivity contribution < 1.29 is 9.53 Å². The van der Waals surface area contributed by atoms with Crippen LogP contribution >= 0.6 is 0 Å². The maximum atomic E-state index is 12.6. The van der Waals surface area contributed by atoms with Crippen molar-refractivity contribution >= 4 is 5.78 Å². The zero-order valence-electron chi connectivity index (χ0n) is 13.6. The van der Waals surface area contributed by atoms with E-state index in [4.69, 9.17) is 4.74 Å². The van der Waals surface area contributed by atoms with E-state index in [0.29, 0.717) is 6.61 Å². The molecule has 3 heteroatoms. The summed E-state index contributed by atoms with van der Waals surface area (Å²) in [6.07, 6.45) is 0. The first-order chi connectivity index (χ1) is 9.42. The van der Waals surface area contributed by atoms with E-state index in [1.807, 2.05) is 32.0 Å². The summed E-state index contributed by atoms with van der Waals surface area (Å²) in [5.41, 5.74) is 3.18. The molecule has 0 saturated heterocycles. The molecule has 0 aliphatic heterocycles. The Labute approximate surface area is 122 Å². The first-order valence-corrected chi connectivity index (χ1v) is 7.28. The van der Waals surface area contributed by atoms with Crippen molar-refractivity contribution in [3.8, 4) is 0 Å². The highest BCUT2D eigenvalue weighted by molar-refractivity contribution is 6.00. The minimum Gasteiger partial charge on any atom is -0.383 e. The fourth-order valence-corrected chi connectivity index (χ4v) is 2.59. The number of rotatable bonds is 7. The Balaban J connectivity index is 2.90. The monoisotopic (exact) mass is 277 g/mol. The molecule has 0 fully saturated rings. The molecule has 0 spiro atoms. The molecule has 1 rings (SSSR count). The number of ether oxygens (including phenoxy) is 1. The summed E-state index contributed by atoms with van der Waals surface area (Å²) in [4.78, 5) is 14.8. The van der Waals surface area contributed by atoms with Crippen LogP contribution in [0.3, 0.4) is 0 Å². The van der Waals surface area contributed by atoms with Crippen LogP contribution in [0.4, 0.5) is 0 Å². The Morgan fingerprint density at radius 1 is 1.25 bits per heavy atom. The predicted molar refractivity (Wildman–Crippen MR) is 83.4 cm³/mol. The van der Waals surface area contributed by atoms with Crippen molar-refractivity contribution in [3.63, 3.8) is 0 Å². The zero-order chi connectivity index (χ0) is 15.3. The minimum absolute atomic E-state index is 0.132. The Hall–Kier alpha value is -1.19. The molecule has 0 aromatic heterocycles. The molecule has 112 valence electrons. The van der Waals surface area contributed by atoms with Gasteiger partial charge in [0.05, 0.1) is 12.6 Å². The van der Waals surface area contributed by atoms with Crippen LogP contribution in [0.2, 0.25) is 0 Å². The summed E-state index contributed by atoms with van der Waals surface area (Å²) in [7, 11) is 1.69. The number of hydrogen-bond donors (Lipinski definition) is 0. The van der Waals surface area contributed by atoms with Crippen LogP contribution in [0, 0.1) is 13.8 Å². The van der Waals surface area contributed by atoms with Gasteiger partial charge in [0, 0.05) is 18.7 Å². The second-order valence-electron chi connectivity index (χ2n) is 5.47. The van der Waals surface area contributed by atoms with Crippen molar-refractivity contribution in [2.24, 2.45) is 0 Å². The lowest BCUT2D eigenvalue weighted by Crippen LogP contribution is -2.46. The number of methoxy groups -OCH3 is 1. The lowest BCUT2D eigenvalue weighted by atomic mass is 9.99. The van der Waals surface area contributed by atoms with Crippen molar-refractivity contribution in [2.75, 3.05) is 20.3 Å². The third kappa shape index (κ3) is 3.90. The van der Waals surface area contributed by atoms with E-state index < -0.39 is 0 Å². The van der Waals surface area contributed by atoms with Crippen LogP contribution in [-0.4, -0.2) is 43.0 Å². The first-order valence-electron chi connectivity index (χ1n) is 7.28. The Morgan fingerprint density at radius 3 is 2.40 bits per heavy atom. The molecule has 20 heavy (non-hydrogen) atoms. The van der Waals surface area contributed by atoms with Crippen LogP contribution in [0.1, 0.15) is 42.3 Å². The first kappa shape index (κ1) is 16.9. The Bertz CT molecular complexity index is 456. The highest BCUT2D eigenvalue weighted by Crippen LogP contribution is 2.15. The molecule has 0 aliphatic carbocycles. The Morgan fingerprint density at radius 2 is 1.90 bits per heavy atom. The SMILES string of the molecule is CCN(C(C)COC)C(C)C(=O)c1ccc(C)c(C)c1. The van der Waals surface area contributed by atoms with Gasteiger partial charge in [-0.15, -0.1) is 0 Å². The van der Waals surface area contributed by atoms with Gasteiger partial charge in [-0.3, -0.25) is 9.69 Å². The molecule has 1 aromatic rings. The summed E-state index contributed by atoms with van der Waals surface area (Å²) >= 11 is 0. The van der Waals surface area contributed by atoms with E-state index in [1.54, 1.807) is 7.11 Å². The van der Waals surface area contributed by atoms with Crippen LogP contribution in [0.25, 0.3) is 0 Å². The Kier molecular flexibility index (Phi) is 6.37. The number of ketones is 1. The molecule has 2 unspecified atom stereocenters. The van der Waals surface area contributed by atoms with E-state index in [1.165, 1.54) is 5.56 Å². The number of likely N-dealkylation sites (N-methyl/N-ethyl adjacent to an activating group) is 1. The number of Topliss-reactive ketones (excluding diaryl/α,β-unsaturated/α-hetero) is 1. The van der Waals surface area contributed by atoms with E-state index in [0.717, 1.165) is 17.7 Å². The van der Waals surface area contributed by atoms with Gasteiger partial charge >= 0.3 is 0 Å². The summed E-state index contributed by atoms with van der Waals surface area (Å²) in [5.74, 6) is 0.179. The van der Waals surface area contributed by atoms with Gasteiger partial charge in [-0.1, -0.05) is 19.1 Å². The van der Waals surface area contributed by atoms with Gasteiger partial charge in [0.25, 0.3) is 0 Å². The quantitative estimate of drug-likeness (QED) is 0.717. The molecular formula is C17H27NO2. The molecule has 1 aromatic carbocycles. The molecule has 3 nitrogen and oxygen atoms in total. The topological polar surface area (TPSA) is 29.5 Å². The van der Waals surface area contributed by atoms with Gasteiger partial charge in [-0.05, 0) is 51.4 Å². The van der Waals surface area contributed by atoms with Crippen molar-refractivity contribution in [1.82, 2.24) is 4.90 Å². The molecule has 0 radical (unpaired) electrons. The van der Waals surface area contributed by atoms with E-state index in [-0.39, 0.29) is 17.9 Å². The van der Waals surface area contributed by atoms with Crippen LogP contribution in [0.15, 0.2) is 18.2 Å². The third-order valence-corrected chi connectivity index (χ3v) is 4.01. The third-order valence-electron chi connectivity index (χ3n) is 4.01. The molecule has 2 atom stereocenters. The van der Waals surface area contributed by atoms with Gasteiger partial charge in [0.15, 0.2) is 5.78 Å². The van der Waals surface area contributed by atoms with Crippen molar-refractivity contribution in [2.45, 2.75) is 46.7 Å². The molecule has 0 aliphatic rings. The standard InChI is InChI=1S/C17H27NO2/c1-7-18(14(4)11-20-6)15(5)17(19)16-9-8-12(2)13(3)10-16/h8-10,14-15H,7,11H2,1-6H3. The average Bonchev–Trinajstić information content (AvgIpc) is 2.42.